The molecule has 0 aliphatic carbocycles. The zero-order valence-corrected chi connectivity index (χ0v) is 13.5. The maximum Gasteiger partial charge on any atom is 0.129 e. The van der Waals surface area contributed by atoms with Crippen LogP contribution in [-0.2, 0) is 13.2 Å². The highest BCUT2D eigenvalue weighted by molar-refractivity contribution is 5.86. The second-order valence-electron chi connectivity index (χ2n) is 6.73. The van der Waals surface area contributed by atoms with Crippen molar-refractivity contribution in [3.63, 3.8) is 0 Å². The molecule has 0 saturated heterocycles. The van der Waals surface area contributed by atoms with Crippen molar-refractivity contribution in [2.45, 2.75) is 13.2 Å². The minimum atomic E-state index is 0.593. The maximum atomic E-state index is 6.02. The fourth-order valence-electron chi connectivity index (χ4n) is 2.64. The minimum absolute atomic E-state index is 0.593. The van der Waals surface area contributed by atoms with Crippen molar-refractivity contribution in [1.29, 1.82) is 0 Å². The molecule has 0 aliphatic rings. The van der Waals surface area contributed by atoms with Crippen LogP contribution in [0.2, 0.25) is 0 Å². The number of aromatic amines is 1. The molecule has 3 nitrogen and oxygen atoms in total. The van der Waals surface area contributed by atoms with E-state index in [0.717, 1.165) is 27.7 Å². The number of nitrogens with one attached hydrogen (secondary N) is 1. The quantitative estimate of drug-likeness (QED) is 0.708. The molecule has 114 valence electrons. The van der Waals surface area contributed by atoms with Crippen LogP contribution in [0, 0.1) is 0 Å². The Balaban J connectivity index is 1.83. The molecule has 22 heavy (non-hydrogen) atoms. The third kappa shape index (κ3) is 3.49. The van der Waals surface area contributed by atoms with E-state index in [1.54, 1.807) is 0 Å². The molecule has 3 rings (SSSR count). The van der Waals surface area contributed by atoms with Gasteiger partial charge in [0, 0.05) is 10.9 Å². The molecule has 1 N–H and O–H groups in total. The first kappa shape index (κ1) is 14.7. The number of nitrogens with zero attached hydrogens (tertiary/aromatic N) is 1. The number of aromatic nitrogens is 1. The van der Waals surface area contributed by atoms with Gasteiger partial charge in [0.25, 0.3) is 0 Å². The summed E-state index contributed by atoms with van der Waals surface area (Å²) in [5.41, 5.74) is 3.55. The van der Waals surface area contributed by atoms with Crippen LogP contribution in [0.3, 0.4) is 0 Å². The molecule has 0 unspecified atom stereocenters. The van der Waals surface area contributed by atoms with Crippen molar-refractivity contribution in [3.8, 4) is 5.75 Å². The molecular weight excluding hydrogens is 272 g/mol. The second kappa shape index (κ2) is 5.85. The van der Waals surface area contributed by atoms with Gasteiger partial charge in [-0.05, 0) is 23.8 Å². The summed E-state index contributed by atoms with van der Waals surface area (Å²) in [7, 11) is 6.58. The van der Waals surface area contributed by atoms with Gasteiger partial charge >= 0.3 is 0 Å². The lowest BCUT2D eigenvalue weighted by atomic mass is 10.2. The van der Waals surface area contributed by atoms with Gasteiger partial charge < -0.3 is 14.2 Å². The van der Waals surface area contributed by atoms with Crippen LogP contribution in [-0.4, -0.2) is 30.6 Å². The number of rotatable bonds is 5. The van der Waals surface area contributed by atoms with Crippen molar-refractivity contribution in [2.24, 2.45) is 0 Å². The number of H-pyrrole nitrogens is 1. The Morgan fingerprint density at radius 1 is 0.955 bits per heavy atom. The van der Waals surface area contributed by atoms with Crippen LogP contribution >= 0.6 is 0 Å². The Labute approximate surface area is 131 Å². The lowest BCUT2D eigenvalue weighted by molar-refractivity contribution is -0.884. The number of hydrogen-bond donors (Lipinski definition) is 1. The molecule has 0 amide bonds. The predicted octanol–water partition coefficient (Wildman–Crippen LogP) is 3.95. The van der Waals surface area contributed by atoms with Gasteiger partial charge in [-0.2, -0.15) is 0 Å². The average molecular weight is 295 g/mol. The molecule has 2 aromatic carbocycles. The van der Waals surface area contributed by atoms with Gasteiger partial charge in [-0.3, -0.25) is 0 Å². The van der Waals surface area contributed by atoms with Crippen molar-refractivity contribution in [3.05, 3.63) is 65.9 Å². The van der Waals surface area contributed by atoms with Gasteiger partial charge in [0.2, 0.25) is 0 Å². The molecule has 0 aliphatic heterocycles. The standard InChI is InChI=1S/C19H23N2O/c1-21(2,3)13-16-12-17-18(20-16)10-7-11-19(17)22-14-15-8-5-4-6-9-15/h4-12,20H,13-14H2,1-3H3/q+1. The van der Waals surface area contributed by atoms with Crippen molar-refractivity contribution in [2.75, 3.05) is 21.1 Å². The van der Waals surface area contributed by atoms with Gasteiger partial charge in [-0.25, -0.2) is 0 Å². The number of quaternary nitrogens is 1. The molecule has 0 bridgehead atoms. The monoisotopic (exact) mass is 295 g/mol. The van der Waals surface area contributed by atoms with E-state index in [4.69, 9.17) is 4.74 Å². The van der Waals surface area contributed by atoms with Crippen LogP contribution < -0.4 is 4.74 Å². The lowest BCUT2D eigenvalue weighted by Gasteiger charge is -2.22. The zero-order chi connectivity index (χ0) is 15.6. The van der Waals surface area contributed by atoms with Crippen LogP contribution in [0.5, 0.6) is 5.75 Å². The normalized spacial score (nSPS) is 11.8. The predicted molar refractivity (Wildman–Crippen MR) is 90.8 cm³/mol. The smallest absolute Gasteiger partial charge is 0.129 e. The molecular formula is C19H23N2O+. The third-order valence-electron chi connectivity index (χ3n) is 3.56. The SMILES string of the molecule is C[N+](C)(C)Cc1cc2c(OCc3ccccc3)cccc2[nH]1. The van der Waals surface area contributed by atoms with Crippen molar-refractivity contribution < 1.29 is 9.22 Å². The van der Waals surface area contributed by atoms with E-state index in [9.17, 15) is 0 Å². The summed E-state index contributed by atoms with van der Waals surface area (Å²) in [6.07, 6.45) is 0. The molecule has 0 spiro atoms. The molecule has 0 saturated carbocycles. The zero-order valence-electron chi connectivity index (χ0n) is 13.5. The maximum absolute atomic E-state index is 6.02. The van der Waals surface area contributed by atoms with E-state index >= 15 is 0 Å². The van der Waals surface area contributed by atoms with Gasteiger partial charge in [-0.15, -0.1) is 0 Å². The van der Waals surface area contributed by atoms with E-state index in [1.807, 2.05) is 30.3 Å². The summed E-state index contributed by atoms with van der Waals surface area (Å²) >= 11 is 0. The van der Waals surface area contributed by atoms with Crippen LogP contribution in [0.4, 0.5) is 0 Å². The summed E-state index contributed by atoms with van der Waals surface area (Å²) in [5.74, 6) is 0.935. The van der Waals surface area contributed by atoms with Crippen molar-refractivity contribution >= 4 is 10.9 Å². The van der Waals surface area contributed by atoms with E-state index in [1.165, 1.54) is 11.3 Å². The first-order chi connectivity index (χ1) is 10.5. The topological polar surface area (TPSA) is 25.0 Å². The van der Waals surface area contributed by atoms with Crippen LogP contribution in [0.15, 0.2) is 54.6 Å². The summed E-state index contributed by atoms with van der Waals surface area (Å²) in [6, 6.07) is 18.6. The van der Waals surface area contributed by atoms with Gasteiger partial charge in [0.1, 0.15) is 18.9 Å². The van der Waals surface area contributed by atoms with E-state index in [2.05, 4.69) is 50.4 Å². The van der Waals surface area contributed by atoms with Crippen LogP contribution in [0.25, 0.3) is 10.9 Å². The number of ether oxygens (including phenoxy) is 1. The Morgan fingerprint density at radius 2 is 1.73 bits per heavy atom. The summed E-state index contributed by atoms with van der Waals surface area (Å²) in [6.45, 7) is 1.56. The highest BCUT2D eigenvalue weighted by Crippen LogP contribution is 2.27. The van der Waals surface area contributed by atoms with Crippen molar-refractivity contribution in [1.82, 2.24) is 4.98 Å². The fourth-order valence-corrected chi connectivity index (χ4v) is 2.64. The Bertz CT molecular complexity index is 754. The minimum Gasteiger partial charge on any atom is -0.488 e. The number of benzene rings is 2. The lowest BCUT2D eigenvalue weighted by Crippen LogP contribution is -2.33. The largest absolute Gasteiger partial charge is 0.488 e. The van der Waals surface area contributed by atoms with E-state index in [-0.39, 0.29) is 0 Å². The third-order valence-corrected chi connectivity index (χ3v) is 3.56. The highest BCUT2D eigenvalue weighted by atomic mass is 16.5. The molecule has 0 radical (unpaired) electrons. The Hall–Kier alpha value is -2.26. The summed E-state index contributed by atoms with van der Waals surface area (Å²) < 4.78 is 6.92. The fraction of sp³-hybridized carbons (Fsp3) is 0.263. The first-order valence-corrected chi connectivity index (χ1v) is 7.59. The van der Waals surface area contributed by atoms with Gasteiger partial charge in [0.15, 0.2) is 0 Å². The summed E-state index contributed by atoms with van der Waals surface area (Å²) in [5, 5.41) is 1.15. The second-order valence-corrected chi connectivity index (χ2v) is 6.73. The first-order valence-electron chi connectivity index (χ1n) is 7.59. The van der Waals surface area contributed by atoms with Gasteiger partial charge in [-0.1, -0.05) is 36.4 Å². The van der Waals surface area contributed by atoms with Gasteiger partial charge in [0.05, 0.1) is 26.8 Å². The Kier molecular flexibility index (Phi) is 3.90. The summed E-state index contributed by atoms with van der Waals surface area (Å²) in [4.78, 5) is 3.50. The molecule has 0 fully saturated rings. The van der Waals surface area contributed by atoms with Crippen LogP contribution in [0.1, 0.15) is 11.3 Å². The number of fused-ring (bicyclic) bond motifs is 1. The highest BCUT2D eigenvalue weighted by Gasteiger charge is 2.13. The molecule has 3 aromatic rings. The Morgan fingerprint density at radius 3 is 2.45 bits per heavy atom. The molecule has 1 aromatic heterocycles. The van der Waals surface area contributed by atoms with E-state index in [0.29, 0.717) is 6.61 Å². The average Bonchev–Trinajstić information content (AvgIpc) is 2.86. The molecule has 1 heterocycles. The molecule has 0 atom stereocenters. The molecule has 3 heteroatoms. The number of hydrogen-bond acceptors (Lipinski definition) is 1. The van der Waals surface area contributed by atoms with E-state index < -0.39 is 0 Å².